The summed E-state index contributed by atoms with van der Waals surface area (Å²) in [4.78, 5) is 6.99. The third kappa shape index (κ3) is 7.41. The maximum atomic E-state index is 5.51. The van der Waals surface area contributed by atoms with Gasteiger partial charge in [0.1, 0.15) is 5.75 Å². The lowest BCUT2D eigenvalue weighted by molar-refractivity contribution is 0.224. The standard InChI is InChI=1S/C22H38N4O/c1-18-11-12-21(27-4)20(17-18)19(2)25-22(23-3)24-13-7-5-8-14-26-15-9-6-10-16-26/h11-12,17,19H,5-10,13-16H2,1-4H3,(H2,23,24,25). The summed E-state index contributed by atoms with van der Waals surface area (Å²) in [6, 6.07) is 6.41. The Balaban J connectivity index is 1.68. The van der Waals surface area contributed by atoms with Crippen molar-refractivity contribution in [2.24, 2.45) is 4.99 Å². The second-order valence-electron chi connectivity index (χ2n) is 7.57. The molecule has 0 saturated carbocycles. The zero-order valence-corrected chi connectivity index (χ0v) is 17.7. The fourth-order valence-corrected chi connectivity index (χ4v) is 3.70. The average Bonchev–Trinajstić information content (AvgIpc) is 2.70. The van der Waals surface area contributed by atoms with Crippen LogP contribution in [0.2, 0.25) is 0 Å². The first-order valence-electron chi connectivity index (χ1n) is 10.5. The third-order valence-corrected chi connectivity index (χ3v) is 5.32. The van der Waals surface area contributed by atoms with E-state index in [1.165, 1.54) is 63.7 Å². The maximum absolute atomic E-state index is 5.51. The number of aryl methyl sites for hydroxylation is 1. The lowest BCUT2D eigenvalue weighted by atomic mass is 10.0. The number of nitrogens with one attached hydrogen (secondary N) is 2. The lowest BCUT2D eigenvalue weighted by Crippen LogP contribution is -2.39. The first-order chi connectivity index (χ1) is 13.1. The van der Waals surface area contributed by atoms with Crippen LogP contribution in [-0.4, -0.2) is 51.2 Å². The Morgan fingerprint density at radius 3 is 2.67 bits per heavy atom. The fraction of sp³-hybridized carbons (Fsp3) is 0.682. The van der Waals surface area contributed by atoms with Crippen LogP contribution in [0.4, 0.5) is 0 Å². The minimum atomic E-state index is 0.130. The van der Waals surface area contributed by atoms with Crippen molar-refractivity contribution in [3.63, 3.8) is 0 Å². The molecule has 0 aromatic heterocycles. The van der Waals surface area contributed by atoms with Crippen LogP contribution >= 0.6 is 0 Å². The smallest absolute Gasteiger partial charge is 0.191 e. The van der Waals surface area contributed by atoms with Crippen molar-refractivity contribution in [2.75, 3.05) is 40.3 Å². The topological polar surface area (TPSA) is 48.9 Å². The number of aliphatic imine (C=N–C) groups is 1. The van der Waals surface area contributed by atoms with Crippen molar-refractivity contribution < 1.29 is 4.74 Å². The summed E-state index contributed by atoms with van der Waals surface area (Å²) in [7, 11) is 3.55. The highest BCUT2D eigenvalue weighted by molar-refractivity contribution is 5.80. The van der Waals surface area contributed by atoms with Gasteiger partial charge in [0.2, 0.25) is 0 Å². The quantitative estimate of drug-likeness (QED) is 0.391. The molecule has 1 unspecified atom stereocenters. The fourth-order valence-electron chi connectivity index (χ4n) is 3.70. The molecule has 5 heteroatoms. The Kier molecular flexibility index (Phi) is 9.46. The number of hydrogen-bond donors (Lipinski definition) is 2. The molecule has 152 valence electrons. The van der Waals surface area contributed by atoms with E-state index in [0.29, 0.717) is 0 Å². The lowest BCUT2D eigenvalue weighted by Gasteiger charge is -2.26. The van der Waals surface area contributed by atoms with Gasteiger partial charge in [0.05, 0.1) is 13.2 Å². The molecule has 0 aliphatic carbocycles. The predicted molar refractivity (Wildman–Crippen MR) is 115 cm³/mol. The zero-order chi connectivity index (χ0) is 19.5. The van der Waals surface area contributed by atoms with E-state index < -0.39 is 0 Å². The Morgan fingerprint density at radius 2 is 1.96 bits per heavy atom. The first kappa shape index (κ1) is 21.5. The summed E-state index contributed by atoms with van der Waals surface area (Å²) in [5, 5.41) is 6.92. The largest absolute Gasteiger partial charge is 0.496 e. The second-order valence-corrected chi connectivity index (χ2v) is 7.57. The van der Waals surface area contributed by atoms with E-state index in [4.69, 9.17) is 4.74 Å². The van der Waals surface area contributed by atoms with Crippen LogP contribution in [0.15, 0.2) is 23.2 Å². The van der Waals surface area contributed by atoms with E-state index in [9.17, 15) is 0 Å². The number of rotatable bonds is 9. The summed E-state index contributed by atoms with van der Waals surface area (Å²) < 4.78 is 5.51. The monoisotopic (exact) mass is 374 g/mol. The summed E-state index contributed by atoms with van der Waals surface area (Å²) in [6.45, 7) is 9.06. The van der Waals surface area contributed by atoms with Crippen LogP contribution in [0.5, 0.6) is 5.75 Å². The Labute approximate surface area is 165 Å². The molecule has 27 heavy (non-hydrogen) atoms. The molecule has 2 rings (SSSR count). The Morgan fingerprint density at radius 1 is 1.19 bits per heavy atom. The van der Waals surface area contributed by atoms with Gasteiger partial charge in [0.25, 0.3) is 0 Å². The number of piperidine rings is 1. The number of unbranched alkanes of at least 4 members (excludes halogenated alkanes) is 2. The molecular weight excluding hydrogens is 336 g/mol. The van der Waals surface area contributed by atoms with Gasteiger partial charge in [0.15, 0.2) is 5.96 Å². The van der Waals surface area contributed by atoms with Gasteiger partial charge in [-0.2, -0.15) is 0 Å². The van der Waals surface area contributed by atoms with Crippen LogP contribution in [-0.2, 0) is 0 Å². The van der Waals surface area contributed by atoms with Crippen LogP contribution in [0.3, 0.4) is 0 Å². The van der Waals surface area contributed by atoms with Crippen molar-refractivity contribution in [1.29, 1.82) is 0 Å². The summed E-state index contributed by atoms with van der Waals surface area (Å²) >= 11 is 0. The van der Waals surface area contributed by atoms with Crippen molar-refractivity contribution in [3.05, 3.63) is 29.3 Å². The molecule has 1 aliphatic rings. The molecule has 1 aromatic carbocycles. The molecule has 1 heterocycles. The van der Waals surface area contributed by atoms with Crippen LogP contribution in [0.1, 0.15) is 62.6 Å². The summed E-state index contributed by atoms with van der Waals surface area (Å²) in [6.07, 6.45) is 7.92. The minimum Gasteiger partial charge on any atom is -0.496 e. The van der Waals surface area contributed by atoms with Crippen LogP contribution in [0, 0.1) is 6.92 Å². The molecule has 1 fully saturated rings. The molecule has 0 amide bonds. The number of guanidine groups is 1. The van der Waals surface area contributed by atoms with Crippen molar-refractivity contribution in [1.82, 2.24) is 15.5 Å². The van der Waals surface area contributed by atoms with E-state index >= 15 is 0 Å². The van der Waals surface area contributed by atoms with E-state index in [-0.39, 0.29) is 6.04 Å². The van der Waals surface area contributed by atoms with Crippen molar-refractivity contribution in [2.45, 2.75) is 58.4 Å². The summed E-state index contributed by atoms with van der Waals surface area (Å²) in [5.74, 6) is 1.76. The molecule has 0 bridgehead atoms. The van der Waals surface area contributed by atoms with Gasteiger partial charge in [-0.3, -0.25) is 4.99 Å². The van der Waals surface area contributed by atoms with Crippen LogP contribution < -0.4 is 15.4 Å². The van der Waals surface area contributed by atoms with Crippen molar-refractivity contribution >= 4 is 5.96 Å². The molecule has 1 saturated heterocycles. The molecule has 0 radical (unpaired) electrons. The van der Waals surface area contributed by atoms with E-state index in [1.807, 2.05) is 13.1 Å². The van der Waals surface area contributed by atoms with Gasteiger partial charge in [-0.15, -0.1) is 0 Å². The van der Waals surface area contributed by atoms with Gasteiger partial charge < -0.3 is 20.3 Å². The van der Waals surface area contributed by atoms with Gasteiger partial charge in [-0.05, 0) is 65.2 Å². The highest BCUT2D eigenvalue weighted by Gasteiger charge is 2.13. The average molecular weight is 375 g/mol. The minimum absolute atomic E-state index is 0.130. The third-order valence-electron chi connectivity index (χ3n) is 5.32. The molecule has 1 aliphatic heterocycles. The number of ether oxygens (including phenoxy) is 1. The molecular formula is C22H38N4O. The van der Waals surface area contributed by atoms with Crippen molar-refractivity contribution in [3.8, 4) is 5.75 Å². The molecule has 2 N–H and O–H groups in total. The van der Waals surface area contributed by atoms with E-state index in [2.05, 4.69) is 46.5 Å². The maximum Gasteiger partial charge on any atom is 0.191 e. The van der Waals surface area contributed by atoms with Gasteiger partial charge in [-0.25, -0.2) is 0 Å². The number of hydrogen-bond acceptors (Lipinski definition) is 3. The molecule has 0 spiro atoms. The normalized spacial score (nSPS) is 16.8. The number of methoxy groups -OCH3 is 1. The highest BCUT2D eigenvalue weighted by atomic mass is 16.5. The summed E-state index contributed by atoms with van der Waals surface area (Å²) in [5.41, 5.74) is 2.39. The Bertz CT molecular complexity index is 582. The van der Waals surface area contributed by atoms with Gasteiger partial charge in [0, 0.05) is 19.2 Å². The Hall–Kier alpha value is -1.75. The molecule has 5 nitrogen and oxygen atoms in total. The van der Waals surface area contributed by atoms with Crippen LogP contribution in [0.25, 0.3) is 0 Å². The molecule has 1 aromatic rings. The van der Waals surface area contributed by atoms with E-state index in [1.54, 1.807) is 7.11 Å². The second kappa shape index (κ2) is 11.9. The predicted octanol–water partition coefficient (Wildman–Crippen LogP) is 3.89. The first-order valence-corrected chi connectivity index (χ1v) is 10.5. The SMILES string of the molecule is CN=C(NCCCCCN1CCCCC1)NC(C)c1cc(C)ccc1OC. The number of benzene rings is 1. The van der Waals surface area contributed by atoms with E-state index in [0.717, 1.165) is 23.8 Å². The zero-order valence-electron chi connectivity index (χ0n) is 17.7. The highest BCUT2D eigenvalue weighted by Crippen LogP contribution is 2.25. The number of likely N-dealkylation sites (tertiary alicyclic amines) is 1. The van der Waals surface area contributed by atoms with Gasteiger partial charge >= 0.3 is 0 Å². The molecule has 1 atom stereocenters. The number of nitrogens with zero attached hydrogens (tertiary/aromatic N) is 2. The van der Waals surface area contributed by atoms with Gasteiger partial charge in [-0.1, -0.05) is 30.5 Å².